The van der Waals surface area contributed by atoms with Gasteiger partial charge in [0.2, 0.25) is 5.91 Å². The number of hydrogen-bond acceptors (Lipinski definition) is 2. The monoisotopic (exact) mass is 232 g/mol. The molecule has 88 valence electrons. The van der Waals surface area contributed by atoms with Crippen molar-refractivity contribution in [3.63, 3.8) is 0 Å². The molecule has 1 aliphatic carbocycles. The molecule has 1 fully saturated rings. The summed E-state index contributed by atoms with van der Waals surface area (Å²) in [6.07, 6.45) is 6.17. The molecule has 0 saturated heterocycles. The lowest BCUT2D eigenvalue weighted by Gasteiger charge is -2.43. The first-order valence-corrected chi connectivity index (χ1v) is 6.14. The molecule has 0 aromatic carbocycles. The molecule has 15 heavy (non-hydrogen) atoms. The Labute approximate surface area is 97.2 Å². The van der Waals surface area contributed by atoms with E-state index in [0.29, 0.717) is 0 Å². The van der Waals surface area contributed by atoms with E-state index in [4.69, 9.17) is 11.6 Å². The highest BCUT2D eigenvalue weighted by Gasteiger charge is 2.34. The van der Waals surface area contributed by atoms with E-state index in [1.165, 1.54) is 32.1 Å². The van der Waals surface area contributed by atoms with Gasteiger partial charge in [-0.25, -0.2) is 0 Å². The minimum atomic E-state index is -0.0662. The number of likely N-dealkylation sites (N-methyl/N-ethyl adjacent to an activating group) is 1. The van der Waals surface area contributed by atoms with Crippen molar-refractivity contribution in [2.75, 3.05) is 26.5 Å². The maximum atomic E-state index is 11.2. The fourth-order valence-electron chi connectivity index (χ4n) is 2.30. The third kappa shape index (κ3) is 3.35. The van der Waals surface area contributed by atoms with Crippen LogP contribution in [-0.2, 0) is 4.79 Å². The summed E-state index contributed by atoms with van der Waals surface area (Å²) in [7, 11) is 4.19. The molecular formula is C11H21ClN2O. The molecule has 0 unspecified atom stereocenters. The molecule has 0 bridgehead atoms. The van der Waals surface area contributed by atoms with Crippen LogP contribution in [0, 0.1) is 0 Å². The van der Waals surface area contributed by atoms with Crippen molar-refractivity contribution in [3.05, 3.63) is 0 Å². The summed E-state index contributed by atoms with van der Waals surface area (Å²) in [6, 6.07) is 0. The minimum absolute atomic E-state index is 0.0590. The largest absolute Gasteiger partial charge is 0.353 e. The van der Waals surface area contributed by atoms with Crippen molar-refractivity contribution in [2.45, 2.75) is 37.6 Å². The third-order valence-corrected chi connectivity index (χ3v) is 3.71. The molecule has 1 amide bonds. The average molecular weight is 233 g/mol. The lowest BCUT2D eigenvalue weighted by atomic mass is 9.80. The highest BCUT2D eigenvalue weighted by atomic mass is 35.5. The van der Waals surface area contributed by atoms with Gasteiger partial charge >= 0.3 is 0 Å². The first-order chi connectivity index (χ1) is 7.10. The zero-order chi connectivity index (χ0) is 11.3. The Balaban J connectivity index is 2.53. The minimum Gasteiger partial charge on any atom is -0.353 e. The van der Waals surface area contributed by atoms with Gasteiger partial charge in [0.05, 0.1) is 0 Å². The maximum Gasteiger partial charge on any atom is 0.234 e. The summed E-state index contributed by atoms with van der Waals surface area (Å²) in [5, 5.41) is 2.91. The van der Waals surface area contributed by atoms with Crippen LogP contribution in [0.2, 0.25) is 0 Å². The summed E-state index contributed by atoms with van der Waals surface area (Å²) < 4.78 is 0. The molecule has 1 rings (SSSR count). The van der Waals surface area contributed by atoms with E-state index < -0.39 is 0 Å². The molecule has 0 aliphatic heterocycles. The molecule has 3 nitrogen and oxygen atoms in total. The predicted octanol–water partition coefficient (Wildman–Crippen LogP) is 1.61. The van der Waals surface area contributed by atoms with Crippen molar-refractivity contribution < 1.29 is 4.79 Å². The highest BCUT2D eigenvalue weighted by Crippen LogP contribution is 2.31. The van der Waals surface area contributed by atoms with Gasteiger partial charge in [-0.05, 0) is 26.9 Å². The van der Waals surface area contributed by atoms with Crippen LogP contribution in [0.15, 0.2) is 0 Å². The Morgan fingerprint density at radius 2 is 1.93 bits per heavy atom. The fraction of sp³-hybridized carbons (Fsp3) is 0.909. The van der Waals surface area contributed by atoms with Gasteiger partial charge in [-0.2, -0.15) is 0 Å². The van der Waals surface area contributed by atoms with E-state index in [-0.39, 0.29) is 17.3 Å². The Morgan fingerprint density at radius 1 is 1.33 bits per heavy atom. The van der Waals surface area contributed by atoms with Crippen LogP contribution in [0.25, 0.3) is 0 Å². The number of hydrogen-bond donors (Lipinski definition) is 1. The summed E-state index contributed by atoms with van der Waals surface area (Å²) in [5.74, 6) is -0.00720. The standard InChI is InChI=1S/C11H21ClN2O/c1-14(2)11(6-4-3-5-7-11)9-13-10(15)8-12/h3-9H2,1-2H3,(H,13,15). The highest BCUT2D eigenvalue weighted by molar-refractivity contribution is 6.27. The zero-order valence-electron chi connectivity index (χ0n) is 9.68. The first kappa shape index (κ1) is 12.8. The van der Waals surface area contributed by atoms with E-state index in [2.05, 4.69) is 24.3 Å². The first-order valence-electron chi connectivity index (χ1n) is 5.61. The van der Waals surface area contributed by atoms with Gasteiger partial charge in [0, 0.05) is 12.1 Å². The molecule has 0 aromatic rings. The Kier molecular flexibility index (Phi) is 4.87. The Hall–Kier alpha value is -0.280. The number of nitrogens with one attached hydrogen (secondary N) is 1. The van der Waals surface area contributed by atoms with E-state index >= 15 is 0 Å². The van der Waals surface area contributed by atoms with Crippen LogP contribution in [0.4, 0.5) is 0 Å². The number of rotatable bonds is 4. The summed E-state index contributed by atoms with van der Waals surface area (Å²) >= 11 is 5.47. The molecule has 0 aromatic heterocycles. The van der Waals surface area contributed by atoms with Crippen molar-refractivity contribution in [3.8, 4) is 0 Å². The van der Waals surface area contributed by atoms with E-state index in [9.17, 15) is 4.79 Å². The van der Waals surface area contributed by atoms with Crippen LogP contribution >= 0.6 is 11.6 Å². The van der Waals surface area contributed by atoms with E-state index in [1.807, 2.05) is 0 Å². The second-order valence-electron chi connectivity index (χ2n) is 4.59. The summed E-state index contributed by atoms with van der Waals surface area (Å²) in [6.45, 7) is 0.728. The molecular weight excluding hydrogens is 212 g/mol. The van der Waals surface area contributed by atoms with Gasteiger partial charge in [0.25, 0.3) is 0 Å². The lowest BCUT2D eigenvalue weighted by molar-refractivity contribution is -0.119. The van der Waals surface area contributed by atoms with Crippen molar-refractivity contribution in [1.29, 1.82) is 0 Å². The SMILES string of the molecule is CN(C)C1(CNC(=O)CCl)CCCCC1. The summed E-state index contributed by atoms with van der Waals surface area (Å²) in [5.41, 5.74) is 0.153. The lowest BCUT2D eigenvalue weighted by Crippen LogP contribution is -2.54. The third-order valence-electron chi connectivity index (χ3n) is 3.47. The van der Waals surface area contributed by atoms with Crippen LogP contribution in [0.5, 0.6) is 0 Å². The molecule has 1 N–H and O–H groups in total. The van der Waals surface area contributed by atoms with Gasteiger partial charge in [-0.3, -0.25) is 4.79 Å². The maximum absolute atomic E-state index is 11.2. The van der Waals surface area contributed by atoms with Gasteiger partial charge in [-0.15, -0.1) is 11.6 Å². The number of carbonyl (C=O) groups is 1. The number of amides is 1. The molecule has 1 aliphatic rings. The van der Waals surface area contributed by atoms with E-state index in [0.717, 1.165) is 6.54 Å². The second kappa shape index (κ2) is 5.71. The number of halogens is 1. The van der Waals surface area contributed by atoms with Gasteiger partial charge in [0.1, 0.15) is 5.88 Å². The fourth-order valence-corrected chi connectivity index (χ4v) is 2.40. The number of carbonyl (C=O) groups excluding carboxylic acids is 1. The Bertz CT molecular complexity index is 213. The normalized spacial score (nSPS) is 20.3. The van der Waals surface area contributed by atoms with Crippen LogP contribution in [-0.4, -0.2) is 42.9 Å². The second-order valence-corrected chi connectivity index (χ2v) is 4.86. The van der Waals surface area contributed by atoms with Gasteiger partial charge < -0.3 is 10.2 Å². The molecule has 0 radical (unpaired) electrons. The van der Waals surface area contributed by atoms with E-state index in [1.54, 1.807) is 0 Å². The molecule has 4 heteroatoms. The molecule has 0 heterocycles. The molecule has 0 atom stereocenters. The average Bonchev–Trinajstić information content (AvgIpc) is 2.27. The van der Waals surface area contributed by atoms with Gasteiger partial charge in [-0.1, -0.05) is 19.3 Å². The molecule has 0 spiro atoms. The smallest absolute Gasteiger partial charge is 0.234 e. The van der Waals surface area contributed by atoms with Crippen LogP contribution < -0.4 is 5.32 Å². The van der Waals surface area contributed by atoms with Crippen LogP contribution in [0.1, 0.15) is 32.1 Å². The number of nitrogens with zero attached hydrogens (tertiary/aromatic N) is 1. The van der Waals surface area contributed by atoms with Crippen LogP contribution in [0.3, 0.4) is 0 Å². The Morgan fingerprint density at radius 3 is 2.40 bits per heavy atom. The van der Waals surface area contributed by atoms with Crippen molar-refractivity contribution in [1.82, 2.24) is 10.2 Å². The molecule has 1 saturated carbocycles. The number of alkyl halides is 1. The topological polar surface area (TPSA) is 32.3 Å². The zero-order valence-corrected chi connectivity index (χ0v) is 10.4. The van der Waals surface area contributed by atoms with Crippen molar-refractivity contribution in [2.24, 2.45) is 0 Å². The van der Waals surface area contributed by atoms with Crippen molar-refractivity contribution >= 4 is 17.5 Å². The summed E-state index contributed by atoms with van der Waals surface area (Å²) in [4.78, 5) is 13.4. The van der Waals surface area contributed by atoms with Gasteiger partial charge in [0.15, 0.2) is 0 Å². The predicted molar refractivity (Wildman–Crippen MR) is 63.2 cm³/mol. The quantitative estimate of drug-likeness (QED) is 0.747.